The van der Waals surface area contributed by atoms with Crippen LogP contribution in [0.4, 0.5) is 0 Å². The van der Waals surface area contributed by atoms with Crippen molar-refractivity contribution in [2.75, 3.05) is 31.1 Å². The molecular weight excluding hydrogens is 184 g/mol. The van der Waals surface area contributed by atoms with E-state index >= 15 is 0 Å². The largest absolute Gasteiger partial charge is 0.355 e. The maximum atomic E-state index is 10.9. The summed E-state index contributed by atoms with van der Waals surface area (Å²) >= 11 is 1.69. The predicted octanol–water partition coefficient (Wildman–Crippen LogP) is 0.0785. The quantitative estimate of drug-likeness (QED) is 0.452. The molecule has 0 fully saturated rings. The van der Waals surface area contributed by atoms with Crippen LogP contribution in [-0.4, -0.2) is 37.0 Å². The maximum absolute atomic E-state index is 10.9. The Morgan fingerprint density at radius 1 is 1.62 bits per heavy atom. The van der Waals surface area contributed by atoms with Gasteiger partial charge in [0, 0.05) is 18.8 Å². The molecule has 0 saturated heterocycles. The number of carbonyl (C=O) groups is 1. The summed E-state index contributed by atoms with van der Waals surface area (Å²) in [5.41, 5.74) is 0. The lowest BCUT2D eigenvalue weighted by Crippen LogP contribution is -2.34. The minimum Gasteiger partial charge on any atom is -0.355 e. The monoisotopic (exact) mass is 200 g/mol. The molecule has 13 heavy (non-hydrogen) atoms. The fourth-order valence-electron chi connectivity index (χ4n) is 0.737. The summed E-state index contributed by atoms with van der Waals surface area (Å²) in [6, 6.07) is 0. The number of thioether (sulfide) groups is 1. The molecule has 4 heteroatoms. The van der Waals surface area contributed by atoms with E-state index in [1.165, 1.54) is 0 Å². The van der Waals surface area contributed by atoms with E-state index < -0.39 is 0 Å². The summed E-state index contributed by atoms with van der Waals surface area (Å²) in [4.78, 5) is 10.9. The van der Waals surface area contributed by atoms with Gasteiger partial charge in [-0.25, -0.2) is 0 Å². The van der Waals surface area contributed by atoms with Crippen LogP contribution in [0.1, 0.15) is 6.92 Å². The fraction of sp³-hybridized carbons (Fsp3) is 0.667. The molecule has 0 aromatic rings. The fourth-order valence-corrected chi connectivity index (χ4v) is 1.29. The Kier molecular flexibility index (Phi) is 8.95. The van der Waals surface area contributed by atoms with E-state index in [0.717, 1.165) is 18.1 Å². The SMILES string of the molecule is C#CCSCCNCC(=O)NCC. The van der Waals surface area contributed by atoms with Crippen molar-refractivity contribution in [1.29, 1.82) is 0 Å². The van der Waals surface area contributed by atoms with Gasteiger partial charge in [-0.15, -0.1) is 18.2 Å². The Labute approximate surface area is 84.0 Å². The van der Waals surface area contributed by atoms with Crippen LogP contribution in [0.5, 0.6) is 0 Å². The van der Waals surface area contributed by atoms with Crippen LogP contribution >= 0.6 is 11.8 Å². The summed E-state index contributed by atoms with van der Waals surface area (Å²) in [5.74, 6) is 4.28. The Morgan fingerprint density at radius 2 is 2.38 bits per heavy atom. The third kappa shape index (κ3) is 9.25. The molecule has 0 atom stereocenters. The van der Waals surface area contributed by atoms with Crippen molar-refractivity contribution in [2.45, 2.75) is 6.92 Å². The van der Waals surface area contributed by atoms with Crippen molar-refractivity contribution in [1.82, 2.24) is 10.6 Å². The maximum Gasteiger partial charge on any atom is 0.233 e. The van der Waals surface area contributed by atoms with Crippen LogP contribution in [0.25, 0.3) is 0 Å². The zero-order valence-electron chi connectivity index (χ0n) is 7.93. The first-order valence-corrected chi connectivity index (χ1v) is 5.45. The van der Waals surface area contributed by atoms with Crippen molar-refractivity contribution < 1.29 is 4.79 Å². The second-order valence-electron chi connectivity index (χ2n) is 2.39. The zero-order valence-corrected chi connectivity index (χ0v) is 8.75. The van der Waals surface area contributed by atoms with E-state index in [4.69, 9.17) is 6.42 Å². The summed E-state index contributed by atoms with van der Waals surface area (Å²) < 4.78 is 0. The van der Waals surface area contributed by atoms with Crippen LogP contribution in [0.2, 0.25) is 0 Å². The normalized spacial score (nSPS) is 9.23. The molecule has 1 amide bonds. The van der Waals surface area contributed by atoms with E-state index in [1.54, 1.807) is 11.8 Å². The lowest BCUT2D eigenvalue weighted by atomic mass is 10.5. The third-order valence-corrected chi connectivity index (χ3v) is 2.13. The van der Waals surface area contributed by atoms with Crippen LogP contribution in [0.15, 0.2) is 0 Å². The number of amides is 1. The molecule has 2 N–H and O–H groups in total. The number of carbonyl (C=O) groups excluding carboxylic acids is 1. The molecule has 0 radical (unpaired) electrons. The van der Waals surface area contributed by atoms with E-state index in [-0.39, 0.29) is 5.91 Å². The van der Waals surface area contributed by atoms with Crippen LogP contribution < -0.4 is 10.6 Å². The minimum atomic E-state index is 0.0458. The van der Waals surface area contributed by atoms with Crippen LogP contribution in [0.3, 0.4) is 0 Å². The highest BCUT2D eigenvalue weighted by molar-refractivity contribution is 7.99. The van der Waals surface area contributed by atoms with Gasteiger partial charge < -0.3 is 10.6 Å². The van der Waals surface area contributed by atoms with Gasteiger partial charge in [-0.3, -0.25) is 4.79 Å². The van der Waals surface area contributed by atoms with Gasteiger partial charge in [0.1, 0.15) is 0 Å². The molecule has 0 aliphatic carbocycles. The van der Waals surface area contributed by atoms with Crippen molar-refractivity contribution in [2.24, 2.45) is 0 Å². The highest BCUT2D eigenvalue weighted by Crippen LogP contribution is 1.94. The molecular formula is C9H16N2OS. The summed E-state index contributed by atoms with van der Waals surface area (Å²) in [7, 11) is 0. The summed E-state index contributed by atoms with van der Waals surface area (Å²) in [5, 5.41) is 5.73. The lowest BCUT2D eigenvalue weighted by Gasteiger charge is -2.03. The Hall–Kier alpha value is -0.660. The van der Waals surface area contributed by atoms with Crippen molar-refractivity contribution in [3.63, 3.8) is 0 Å². The number of hydrogen-bond acceptors (Lipinski definition) is 3. The van der Waals surface area contributed by atoms with Crippen molar-refractivity contribution >= 4 is 17.7 Å². The molecule has 0 unspecified atom stereocenters. The van der Waals surface area contributed by atoms with Crippen molar-refractivity contribution in [3.05, 3.63) is 0 Å². The summed E-state index contributed by atoms with van der Waals surface area (Å²) in [6.07, 6.45) is 5.08. The predicted molar refractivity (Wildman–Crippen MR) is 57.7 cm³/mol. The topological polar surface area (TPSA) is 41.1 Å². The van der Waals surface area contributed by atoms with Gasteiger partial charge >= 0.3 is 0 Å². The molecule has 74 valence electrons. The zero-order chi connectivity index (χ0) is 9.94. The van der Waals surface area contributed by atoms with Gasteiger partial charge in [-0.2, -0.15) is 0 Å². The Balaban J connectivity index is 3.07. The molecule has 0 aliphatic heterocycles. The molecule has 3 nitrogen and oxygen atoms in total. The first-order valence-electron chi connectivity index (χ1n) is 4.30. The van der Waals surface area contributed by atoms with Gasteiger partial charge in [-0.05, 0) is 6.92 Å². The molecule has 0 aromatic carbocycles. The number of likely N-dealkylation sites (N-methyl/N-ethyl adjacent to an activating group) is 1. The second-order valence-corrected chi connectivity index (χ2v) is 3.49. The highest BCUT2D eigenvalue weighted by atomic mass is 32.2. The number of hydrogen-bond donors (Lipinski definition) is 2. The second kappa shape index (κ2) is 9.43. The smallest absolute Gasteiger partial charge is 0.233 e. The molecule has 0 saturated carbocycles. The van der Waals surface area contributed by atoms with Gasteiger partial charge in [0.2, 0.25) is 5.91 Å². The van der Waals surface area contributed by atoms with E-state index in [0.29, 0.717) is 13.1 Å². The molecule has 0 aromatic heterocycles. The number of terminal acetylenes is 1. The van der Waals surface area contributed by atoms with Gasteiger partial charge in [0.15, 0.2) is 0 Å². The Morgan fingerprint density at radius 3 is 3.00 bits per heavy atom. The van der Waals surface area contributed by atoms with E-state index in [2.05, 4.69) is 16.6 Å². The standard InChI is InChI=1S/C9H16N2OS/c1-3-6-13-7-5-10-8-9(12)11-4-2/h1,10H,4-8H2,2H3,(H,11,12). The van der Waals surface area contributed by atoms with Crippen molar-refractivity contribution in [3.8, 4) is 12.3 Å². The molecule has 0 rings (SSSR count). The molecule has 0 spiro atoms. The average molecular weight is 200 g/mol. The third-order valence-electron chi connectivity index (χ3n) is 1.27. The van der Waals surface area contributed by atoms with E-state index in [9.17, 15) is 4.79 Å². The minimum absolute atomic E-state index is 0.0458. The first-order chi connectivity index (χ1) is 6.31. The highest BCUT2D eigenvalue weighted by Gasteiger charge is 1.96. The average Bonchev–Trinajstić information content (AvgIpc) is 2.11. The van der Waals surface area contributed by atoms with Gasteiger partial charge in [0.05, 0.1) is 12.3 Å². The van der Waals surface area contributed by atoms with Gasteiger partial charge in [-0.1, -0.05) is 5.92 Å². The summed E-state index contributed by atoms with van der Waals surface area (Å²) in [6.45, 7) is 3.81. The van der Waals surface area contributed by atoms with E-state index in [1.807, 2.05) is 6.92 Å². The molecule has 0 bridgehead atoms. The first kappa shape index (κ1) is 12.3. The number of rotatable bonds is 7. The van der Waals surface area contributed by atoms with Gasteiger partial charge in [0.25, 0.3) is 0 Å². The molecule has 0 heterocycles. The van der Waals surface area contributed by atoms with Crippen LogP contribution in [-0.2, 0) is 4.79 Å². The lowest BCUT2D eigenvalue weighted by molar-refractivity contribution is -0.120. The number of nitrogens with one attached hydrogen (secondary N) is 2. The van der Waals surface area contributed by atoms with Crippen LogP contribution in [0, 0.1) is 12.3 Å². The molecule has 0 aliphatic rings. The Bertz CT molecular complexity index is 177.